The number of benzene rings is 3. The van der Waals surface area contributed by atoms with Gasteiger partial charge in [-0.25, -0.2) is 18.1 Å². The number of nitrogens with zero attached hydrogens (tertiary/aromatic N) is 5. The van der Waals surface area contributed by atoms with Crippen molar-refractivity contribution in [2.45, 2.75) is 18.0 Å². The van der Waals surface area contributed by atoms with Crippen molar-refractivity contribution in [1.82, 2.24) is 24.5 Å². The summed E-state index contributed by atoms with van der Waals surface area (Å²) in [6.07, 6.45) is -2.18. The first-order chi connectivity index (χ1) is 18.3. The third-order valence-corrected chi connectivity index (χ3v) is 7.70. The van der Waals surface area contributed by atoms with E-state index in [1.165, 1.54) is 34.5 Å². The predicted octanol–water partition coefficient (Wildman–Crippen LogP) is 6.82. The van der Waals surface area contributed by atoms with Crippen molar-refractivity contribution in [3.05, 3.63) is 94.6 Å². The second-order valence-electron chi connectivity index (χ2n) is 8.67. The van der Waals surface area contributed by atoms with Gasteiger partial charge in [0, 0.05) is 16.8 Å². The van der Waals surface area contributed by atoms with Crippen molar-refractivity contribution in [2.24, 2.45) is 0 Å². The van der Waals surface area contributed by atoms with E-state index < -0.39 is 26.9 Å². The smallest absolute Gasteiger partial charge is 0.286 e. The summed E-state index contributed by atoms with van der Waals surface area (Å²) in [6, 6.07) is 18.1. The number of halogens is 5. The molecular weight excluding hydrogens is 574 g/mol. The van der Waals surface area contributed by atoms with Crippen LogP contribution in [0.5, 0.6) is 0 Å². The molecule has 0 saturated heterocycles. The fourth-order valence-corrected chi connectivity index (χ4v) is 5.34. The first-order valence-corrected chi connectivity index (χ1v) is 13.9. The lowest BCUT2D eigenvalue weighted by atomic mass is 10.00. The van der Waals surface area contributed by atoms with Crippen LogP contribution in [0.2, 0.25) is 10.2 Å². The summed E-state index contributed by atoms with van der Waals surface area (Å²) in [4.78, 5) is 3.80. The summed E-state index contributed by atoms with van der Waals surface area (Å²) in [7, 11) is -3.48. The van der Waals surface area contributed by atoms with Crippen molar-refractivity contribution in [3.63, 3.8) is 0 Å². The van der Waals surface area contributed by atoms with Gasteiger partial charge in [0.15, 0.2) is 15.5 Å². The Bertz CT molecular complexity index is 1810. The second-order valence-corrected chi connectivity index (χ2v) is 11.5. The largest absolute Gasteiger partial charge is 0.436 e. The van der Waals surface area contributed by atoms with Gasteiger partial charge in [-0.05, 0) is 66.6 Å². The van der Waals surface area contributed by atoms with Gasteiger partial charge >= 0.3 is 6.18 Å². The molecule has 0 aliphatic rings. The molecule has 0 aliphatic carbocycles. The molecule has 0 bridgehead atoms. The number of alkyl halides is 3. The van der Waals surface area contributed by atoms with Gasteiger partial charge in [0.25, 0.3) is 0 Å². The minimum absolute atomic E-state index is 0.0194. The van der Waals surface area contributed by atoms with Crippen LogP contribution in [0.4, 0.5) is 13.2 Å². The lowest BCUT2D eigenvalue weighted by Gasteiger charge is -2.16. The average molecular weight is 592 g/mol. The molecular formula is C26H18Cl2F3N5O2S. The van der Waals surface area contributed by atoms with Crippen LogP contribution in [0.3, 0.4) is 0 Å². The lowest BCUT2D eigenvalue weighted by molar-refractivity contribution is -0.140. The van der Waals surface area contributed by atoms with Crippen LogP contribution < -0.4 is 0 Å². The molecule has 39 heavy (non-hydrogen) atoms. The molecule has 5 aromatic rings. The number of hydrogen-bond acceptors (Lipinski definition) is 5. The van der Waals surface area contributed by atoms with Crippen molar-refractivity contribution in [3.8, 4) is 33.8 Å². The van der Waals surface area contributed by atoms with Gasteiger partial charge in [-0.2, -0.15) is 13.2 Å². The van der Waals surface area contributed by atoms with Crippen LogP contribution in [-0.2, 0) is 16.0 Å². The average Bonchev–Trinajstić information content (AvgIpc) is 3.48. The topological polar surface area (TPSA) is 82.7 Å². The van der Waals surface area contributed by atoms with E-state index in [0.29, 0.717) is 38.8 Å². The van der Waals surface area contributed by atoms with Crippen LogP contribution >= 0.6 is 23.2 Å². The van der Waals surface area contributed by atoms with Crippen LogP contribution in [0.25, 0.3) is 33.8 Å². The molecule has 0 spiro atoms. The third-order valence-electron chi connectivity index (χ3n) is 5.99. The predicted molar refractivity (Wildman–Crippen MR) is 142 cm³/mol. The van der Waals surface area contributed by atoms with E-state index in [2.05, 4.69) is 15.3 Å². The normalized spacial score (nSPS) is 12.2. The number of sulfone groups is 1. The van der Waals surface area contributed by atoms with Crippen molar-refractivity contribution in [1.29, 1.82) is 0 Å². The Morgan fingerprint density at radius 3 is 2.26 bits per heavy atom. The fourth-order valence-electron chi connectivity index (χ4n) is 4.18. The van der Waals surface area contributed by atoms with E-state index in [1.807, 2.05) is 0 Å². The van der Waals surface area contributed by atoms with Gasteiger partial charge in [-0.3, -0.25) is 4.57 Å². The zero-order chi connectivity index (χ0) is 28.1. The molecule has 5 rings (SSSR count). The Kier molecular flexibility index (Phi) is 6.78. The molecule has 0 N–H and O–H groups in total. The van der Waals surface area contributed by atoms with E-state index in [-0.39, 0.29) is 10.7 Å². The van der Waals surface area contributed by atoms with Crippen molar-refractivity contribution < 1.29 is 21.6 Å². The Morgan fingerprint density at radius 2 is 1.62 bits per heavy atom. The second kappa shape index (κ2) is 9.82. The molecule has 2 aromatic heterocycles. The summed E-state index contributed by atoms with van der Waals surface area (Å²) in [5.74, 6) is 0.0194. The number of imidazole rings is 1. The zero-order valence-corrected chi connectivity index (χ0v) is 22.6. The van der Waals surface area contributed by atoms with E-state index in [0.717, 1.165) is 6.26 Å². The molecule has 200 valence electrons. The van der Waals surface area contributed by atoms with Gasteiger partial charge in [-0.15, -0.1) is 5.10 Å². The maximum Gasteiger partial charge on any atom is 0.436 e. The molecule has 0 fully saturated rings. The number of aryl methyl sites for hydroxylation is 1. The first-order valence-electron chi connectivity index (χ1n) is 11.3. The van der Waals surface area contributed by atoms with E-state index in [9.17, 15) is 21.6 Å². The maximum absolute atomic E-state index is 13.6. The lowest BCUT2D eigenvalue weighted by Crippen LogP contribution is -2.07. The standard InChI is InChI=1S/C26H18Cl2F3N5O2S/c1-15-33-24(26(29,30)31)25(28)35(15)22-11-6-17(16-4-3-5-20(12-16)39(2,37)38)13-21(22)23-14-32-34-36(23)19-9-7-18(27)8-10-19/h3-14H,1-2H3. The van der Waals surface area contributed by atoms with Crippen LogP contribution in [0.1, 0.15) is 11.5 Å². The van der Waals surface area contributed by atoms with E-state index >= 15 is 0 Å². The Hall–Kier alpha value is -3.67. The number of rotatable bonds is 5. The minimum Gasteiger partial charge on any atom is -0.286 e. The third kappa shape index (κ3) is 5.17. The zero-order valence-electron chi connectivity index (χ0n) is 20.3. The van der Waals surface area contributed by atoms with Crippen molar-refractivity contribution >= 4 is 33.0 Å². The molecule has 0 amide bonds. The monoisotopic (exact) mass is 591 g/mol. The highest BCUT2D eigenvalue weighted by molar-refractivity contribution is 7.90. The fraction of sp³-hybridized carbons (Fsp3) is 0.115. The number of aromatic nitrogens is 5. The molecule has 3 aromatic carbocycles. The number of hydrogen-bond donors (Lipinski definition) is 0. The van der Waals surface area contributed by atoms with Crippen LogP contribution in [-0.4, -0.2) is 39.2 Å². The Labute approximate surface area is 231 Å². The van der Waals surface area contributed by atoms with Crippen LogP contribution in [0.15, 0.2) is 77.8 Å². The Morgan fingerprint density at radius 1 is 0.923 bits per heavy atom. The highest BCUT2D eigenvalue weighted by Crippen LogP contribution is 2.39. The molecule has 7 nitrogen and oxygen atoms in total. The van der Waals surface area contributed by atoms with E-state index in [1.54, 1.807) is 54.6 Å². The molecule has 0 saturated carbocycles. The summed E-state index contributed by atoms with van der Waals surface area (Å²) in [5, 5.41) is 8.11. The van der Waals surface area contributed by atoms with E-state index in [4.69, 9.17) is 23.2 Å². The highest BCUT2D eigenvalue weighted by Gasteiger charge is 2.38. The van der Waals surface area contributed by atoms with Gasteiger partial charge in [0.1, 0.15) is 11.0 Å². The quantitative estimate of drug-likeness (QED) is 0.224. The molecule has 0 atom stereocenters. The Balaban J connectivity index is 1.78. The summed E-state index contributed by atoms with van der Waals surface area (Å²) >= 11 is 12.3. The summed E-state index contributed by atoms with van der Waals surface area (Å²) in [5.41, 5.74) is 1.74. The molecule has 0 radical (unpaired) electrons. The summed E-state index contributed by atoms with van der Waals surface area (Å²) < 4.78 is 67.9. The molecule has 0 aliphatic heterocycles. The minimum atomic E-state index is -4.76. The van der Waals surface area contributed by atoms with Gasteiger partial charge in [-0.1, -0.05) is 46.6 Å². The first kappa shape index (κ1) is 26.9. The highest BCUT2D eigenvalue weighted by atomic mass is 35.5. The van der Waals surface area contributed by atoms with Gasteiger partial charge < -0.3 is 0 Å². The van der Waals surface area contributed by atoms with Gasteiger partial charge in [0.2, 0.25) is 0 Å². The maximum atomic E-state index is 13.6. The molecule has 13 heteroatoms. The molecule has 0 unspecified atom stereocenters. The van der Waals surface area contributed by atoms with Crippen LogP contribution in [0, 0.1) is 6.92 Å². The van der Waals surface area contributed by atoms with Gasteiger partial charge in [0.05, 0.1) is 28.2 Å². The molecule has 2 heterocycles. The SMILES string of the molecule is Cc1nc(C(F)(F)F)c(Cl)n1-c1ccc(-c2cccc(S(C)(=O)=O)c2)cc1-c1cnnn1-c1ccc(Cl)cc1. The summed E-state index contributed by atoms with van der Waals surface area (Å²) in [6.45, 7) is 1.42. The van der Waals surface area contributed by atoms with Crippen molar-refractivity contribution in [2.75, 3.05) is 6.26 Å².